The maximum Gasteiger partial charge on any atom is 0.149 e. The molecule has 0 saturated heterocycles. The third-order valence-corrected chi connectivity index (χ3v) is 3.39. The molecule has 5 heteroatoms. The van der Waals surface area contributed by atoms with E-state index < -0.39 is 15.9 Å². The van der Waals surface area contributed by atoms with Gasteiger partial charge in [0.1, 0.15) is 9.84 Å². The molecule has 0 aliphatic rings. The molecule has 0 radical (unpaired) electrons. The standard InChI is InChI=1S/C9H12INO2S/c1-14(12,13)6-9(11)7-3-2-4-8(10)5-7/h2-5,9H,6,11H2,1H3. The molecule has 0 heterocycles. The molecule has 1 aromatic carbocycles. The van der Waals surface area contributed by atoms with Crippen LogP contribution in [0.3, 0.4) is 0 Å². The second kappa shape index (κ2) is 4.59. The Morgan fingerprint density at radius 3 is 2.64 bits per heavy atom. The highest BCUT2D eigenvalue weighted by Crippen LogP contribution is 2.15. The number of hydrogen-bond donors (Lipinski definition) is 1. The molecule has 1 aromatic rings. The Morgan fingerprint density at radius 1 is 1.50 bits per heavy atom. The van der Waals surface area contributed by atoms with Crippen LogP contribution in [-0.2, 0) is 9.84 Å². The average Bonchev–Trinajstić information content (AvgIpc) is 2.01. The molecule has 0 fully saturated rings. The fraction of sp³-hybridized carbons (Fsp3) is 0.333. The lowest BCUT2D eigenvalue weighted by Gasteiger charge is -2.10. The van der Waals surface area contributed by atoms with Crippen molar-refractivity contribution in [1.29, 1.82) is 0 Å². The van der Waals surface area contributed by atoms with Gasteiger partial charge in [0, 0.05) is 15.9 Å². The van der Waals surface area contributed by atoms with Crippen LogP contribution < -0.4 is 5.73 Å². The van der Waals surface area contributed by atoms with Gasteiger partial charge in [0.2, 0.25) is 0 Å². The lowest BCUT2D eigenvalue weighted by atomic mass is 10.1. The van der Waals surface area contributed by atoms with Gasteiger partial charge in [-0.3, -0.25) is 0 Å². The van der Waals surface area contributed by atoms with E-state index in [1.807, 2.05) is 24.3 Å². The van der Waals surface area contributed by atoms with Gasteiger partial charge in [0.15, 0.2) is 0 Å². The Morgan fingerprint density at radius 2 is 2.14 bits per heavy atom. The summed E-state index contributed by atoms with van der Waals surface area (Å²) in [7, 11) is -3.01. The van der Waals surface area contributed by atoms with E-state index in [0.717, 1.165) is 9.13 Å². The second-order valence-electron chi connectivity index (χ2n) is 3.25. The minimum atomic E-state index is -3.01. The molecule has 1 rings (SSSR count). The van der Waals surface area contributed by atoms with E-state index in [-0.39, 0.29) is 5.75 Å². The van der Waals surface area contributed by atoms with Crippen LogP contribution in [0.15, 0.2) is 24.3 Å². The number of hydrogen-bond acceptors (Lipinski definition) is 3. The summed E-state index contributed by atoms with van der Waals surface area (Å²) in [6, 6.07) is 7.13. The maximum absolute atomic E-state index is 11.0. The molecular formula is C9H12INO2S. The Labute approximate surface area is 97.8 Å². The van der Waals surface area contributed by atoms with E-state index in [0.29, 0.717) is 0 Å². The van der Waals surface area contributed by atoms with Crippen molar-refractivity contribution in [3.8, 4) is 0 Å². The van der Waals surface area contributed by atoms with Crippen molar-refractivity contribution >= 4 is 32.4 Å². The predicted molar refractivity (Wildman–Crippen MR) is 65.8 cm³/mol. The lowest BCUT2D eigenvalue weighted by molar-refractivity contribution is 0.594. The number of benzene rings is 1. The van der Waals surface area contributed by atoms with E-state index >= 15 is 0 Å². The van der Waals surface area contributed by atoms with E-state index in [9.17, 15) is 8.42 Å². The number of rotatable bonds is 3. The van der Waals surface area contributed by atoms with Gasteiger partial charge in [-0.05, 0) is 40.3 Å². The minimum absolute atomic E-state index is 0.00685. The molecule has 0 aliphatic heterocycles. The van der Waals surface area contributed by atoms with Crippen molar-refractivity contribution in [2.24, 2.45) is 5.73 Å². The Kier molecular flexibility index (Phi) is 3.91. The quantitative estimate of drug-likeness (QED) is 0.853. The van der Waals surface area contributed by atoms with Crippen LogP contribution in [0.25, 0.3) is 0 Å². The summed E-state index contributed by atoms with van der Waals surface area (Å²) in [6.07, 6.45) is 1.20. The first-order valence-electron chi connectivity index (χ1n) is 4.07. The fourth-order valence-electron chi connectivity index (χ4n) is 1.16. The summed E-state index contributed by atoms with van der Waals surface area (Å²) >= 11 is 2.17. The van der Waals surface area contributed by atoms with Gasteiger partial charge >= 0.3 is 0 Å². The van der Waals surface area contributed by atoms with Gasteiger partial charge in [-0.15, -0.1) is 0 Å². The maximum atomic E-state index is 11.0. The molecule has 14 heavy (non-hydrogen) atoms. The molecule has 0 bridgehead atoms. The van der Waals surface area contributed by atoms with Crippen LogP contribution in [0.2, 0.25) is 0 Å². The lowest BCUT2D eigenvalue weighted by Crippen LogP contribution is -2.20. The van der Waals surface area contributed by atoms with E-state index in [1.54, 1.807) is 0 Å². The smallest absolute Gasteiger partial charge is 0.149 e. The molecule has 0 saturated carbocycles. The highest BCUT2D eigenvalue weighted by Gasteiger charge is 2.12. The number of halogens is 1. The molecule has 2 N–H and O–H groups in total. The predicted octanol–water partition coefficient (Wildman–Crippen LogP) is 1.34. The summed E-state index contributed by atoms with van der Waals surface area (Å²) < 4.78 is 23.1. The molecule has 0 amide bonds. The topological polar surface area (TPSA) is 60.2 Å². The third kappa shape index (κ3) is 3.93. The highest BCUT2D eigenvalue weighted by atomic mass is 127. The van der Waals surface area contributed by atoms with Crippen molar-refractivity contribution in [3.63, 3.8) is 0 Å². The molecule has 0 spiro atoms. The van der Waals surface area contributed by atoms with Crippen molar-refractivity contribution in [1.82, 2.24) is 0 Å². The summed E-state index contributed by atoms with van der Waals surface area (Å²) in [5.74, 6) is -0.00685. The molecule has 1 atom stereocenters. The third-order valence-electron chi connectivity index (χ3n) is 1.76. The number of sulfone groups is 1. The van der Waals surface area contributed by atoms with Gasteiger partial charge in [0.25, 0.3) is 0 Å². The van der Waals surface area contributed by atoms with Gasteiger partial charge in [0.05, 0.1) is 5.75 Å². The Hall–Kier alpha value is -0.140. The van der Waals surface area contributed by atoms with Gasteiger partial charge in [-0.25, -0.2) is 8.42 Å². The first-order chi connectivity index (χ1) is 6.38. The summed E-state index contributed by atoms with van der Waals surface area (Å²) in [5.41, 5.74) is 6.63. The zero-order valence-corrected chi connectivity index (χ0v) is 10.7. The van der Waals surface area contributed by atoms with Crippen LogP contribution in [0, 0.1) is 3.57 Å². The van der Waals surface area contributed by atoms with E-state index in [2.05, 4.69) is 22.6 Å². The number of nitrogens with two attached hydrogens (primary N) is 1. The first-order valence-corrected chi connectivity index (χ1v) is 7.21. The summed E-state index contributed by atoms with van der Waals surface area (Å²) in [6.45, 7) is 0. The molecule has 0 aliphatic carbocycles. The van der Waals surface area contributed by atoms with Gasteiger partial charge in [-0.2, -0.15) is 0 Å². The summed E-state index contributed by atoms with van der Waals surface area (Å²) in [4.78, 5) is 0. The summed E-state index contributed by atoms with van der Waals surface area (Å²) in [5, 5.41) is 0. The Balaban J connectivity index is 2.85. The SMILES string of the molecule is CS(=O)(=O)CC(N)c1cccc(I)c1. The largest absolute Gasteiger partial charge is 0.323 e. The van der Waals surface area contributed by atoms with Crippen molar-refractivity contribution in [2.45, 2.75) is 6.04 Å². The van der Waals surface area contributed by atoms with Crippen LogP contribution >= 0.6 is 22.6 Å². The van der Waals surface area contributed by atoms with E-state index in [4.69, 9.17) is 5.73 Å². The fourth-order valence-corrected chi connectivity index (χ4v) is 2.57. The highest BCUT2D eigenvalue weighted by molar-refractivity contribution is 14.1. The molecule has 1 unspecified atom stereocenters. The monoisotopic (exact) mass is 325 g/mol. The van der Waals surface area contributed by atoms with Crippen molar-refractivity contribution < 1.29 is 8.42 Å². The molecule has 3 nitrogen and oxygen atoms in total. The minimum Gasteiger partial charge on any atom is -0.323 e. The zero-order chi connectivity index (χ0) is 10.8. The van der Waals surface area contributed by atoms with Crippen molar-refractivity contribution in [3.05, 3.63) is 33.4 Å². The second-order valence-corrected chi connectivity index (χ2v) is 6.68. The van der Waals surface area contributed by atoms with Crippen LogP contribution in [0.1, 0.15) is 11.6 Å². The molecule has 0 aromatic heterocycles. The molecule has 78 valence electrons. The van der Waals surface area contributed by atoms with Gasteiger partial charge in [-0.1, -0.05) is 12.1 Å². The van der Waals surface area contributed by atoms with Crippen molar-refractivity contribution in [2.75, 3.05) is 12.0 Å². The van der Waals surface area contributed by atoms with Crippen LogP contribution in [0.4, 0.5) is 0 Å². The molecular weight excluding hydrogens is 313 g/mol. The normalized spacial score (nSPS) is 13.9. The first kappa shape index (κ1) is 11.9. The van der Waals surface area contributed by atoms with Crippen LogP contribution in [0.5, 0.6) is 0 Å². The average molecular weight is 325 g/mol. The Bertz CT molecular complexity index is 417. The van der Waals surface area contributed by atoms with Gasteiger partial charge < -0.3 is 5.73 Å². The zero-order valence-electron chi connectivity index (χ0n) is 7.77. The van der Waals surface area contributed by atoms with Crippen LogP contribution in [-0.4, -0.2) is 20.4 Å². The van der Waals surface area contributed by atoms with E-state index in [1.165, 1.54) is 6.26 Å².